The Bertz CT molecular complexity index is 472. The normalized spacial score (nSPS) is 22.1. The van der Waals surface area contributed by atoms with Gasteiger partial charge in [-0.2, -0.15) is 0 Å². The maximum absolute atomic E-state index is 13.5. The fraction of sp³-hybridized carbons (Fsp3) is 0.500. The molecule has 0 aliphatic heterocycles. The Balaban J connectivity index is 1.91. The zero-order valence-electron chi connectivity index (χ0n) is 11.1. The molecule has 1 N–H and O–H groups in total. The summed E-state index contributed by atoms with van der Waals surface area (Å²) in [5.74, 6) is -1.08. The molecule has 0 amide bonds. The summed E-state index contributed by atoms with van der Waals surface area (Å²) in [7, 11) is 3.37. The van der Waals surface area contributed by atoms with Gasteiger partial charge in [0.1, 0.15) is 0 Å². The van der Waals surface area contributed by atoms with Crippen LogP contribution in [0.5, 0.6) is 5.75 Å². The van der Waals surface area contributed by atoms with E-state index in [1.807, 2.05) is 13.1 Å². The van der Waals surface area contributed by atoms with Gasteiger partial charge in [-0.05, 0) is 37.6 Å². The quantitative estimate of drug-likeness (QED) is 0.888. The molecule has 1 aliphatic carbocycles. The lowest BCUT2D eigenvalue weighted by Crippen LogP contribution is -2.44. The van der Waals surface area contributed by atoms with Crippen molar-refractivity contribution in [2.45, 2.75) is 25.4 Å². The Labute approximate surface area is 111 Å². The smallest absolute Gasteiger partial charge is 0.306 e. The number of hydrogen-bond acceptors (Lipinski definition) is 3. The molecule has 1 fully saturated rings. The maximum atomic E-state index is 13.5. The summed E-state index contributed by atoms with van der Waals surface area (Å²) in [6, 6.07) is 5.17. The third-order valence-corrected chi connectivity index (χ3v) is 3.73. The maximum Gasteiger partial charge on any atom is 0.306 e. The summed E-state index contributed by atoms with van der Waals surface area (Å²) in [6.07, 6.45) is 1.34. The molecule has 2 rings (SSSR count). The minimum Gasteiger partial charge on any atom is -0.494 e. The van der Waals surface area contributed by atoms with Crippen LogP contribution in [0.15, 0.2) is 18.2 Å². The second kappa shape index (κ2) is 5.57. The van der Waals surface area contributed by atoms with Gasteiger partial charge < -0.3 is 9.84 Å². The van der Waals surface area contributed by atoms with Gasteiger partial charge in [0.05, 0.1) is 13.0 Å². The predicted molar refractivity (Wildman–Crippen MR) is 68.6 cm³/mol. The van der Waals surface area contributed by atoms with Crippen molar-refractivity contribution in [2.75, 3.05) is 14.2 Å². The van der Waals surface area contributed by atoms with Crippen molar-refractivity contribution < 1.29 is 19.0 Å². The fourth-order valence-electron chi connectivity index (χ4n) is 2.37. The van der Waals surface area contributed by atoms with Crippen LogP contribution >= 0.6 is 0 Å². The highest BCUT2D eigenvalue weighted by molar-refractivity contribution is 5.71. The summed E-state index contributed by atoms with van der Waals surface area (Å²) in [5, 5.41) is 8.83. The number of rotatable bonds is 5. The van der Waals surface area contributed by atoms with Gasteiger partial charge in [-0.3, -0.25) is 9.69 Å². The van der Waals surface area contributed by atoms with E-state index in [0.29, 0.717) is 19.4 Å². The molecule has 1 aromatic rings. The lowest BCUT2D eigenvalue weighted by molar-refractivity contribution is -0.146. The number of ether oxygens (including phenoxy) is 1. The second-order valence-corrected chi connectivity index (χ2v) is 5.04. The first-order chi connectivity index (χ1) is 9.01. The summed E-state index contributed by atoms with van der Waals surface area (Å²) in [6.45, 7) is 0.609. The molecule has 0 heterocycles. The highest BCUT2D eigenvalue weighted by Crippen LogP contribution is 2.32. The van der Waals surface area contributed by atoms with Crippen LogP contribution < -0.4 is 4.74 Å². The summed E-state index contributed by atoms with van der Waals surface area (Å²) >= 11 is 0. The number of carbonyl (C=O) groups is 1. The first kappa shape index (κ1) is 13.8. The number of benzene rings is 1. The highest BCUT2D eigenvalue weighted by Gasteiger charge is 2.36. The minimum absolute atomic E-state index is 0.222. The van der Waals surface area contributed by atoms with Crippen molar-refractivity contribution in [3.05, 3.63) is 29.6 Å². The van der Waals surface area contributed by atoms with Gasteiger partial charge >= 0.3 is 5.97 Å². The largest absolute Gasteiger partial charge is 0.494 e. The molecule has 0 aromatic heterocycles. The van der Waals surface area contributed by atoms with Crippen LogP contribution in [0.1, 0.15) is 18.4 Å². The van der Waals surface area contributed by atoms with E-state index in [-0.39, 0.29) is 23.5 Å². The molecule has 1 aliphatic rings. The molecule has 0 atom stereocenters. The third-order valence-electron chi connectivity index (χ3n) is 3.73. The lowest BCUT2D eigenvalue weighted by atomic mass is 9.79. The molecule has 1 aromatic carbocycles. The van der Waals surface area contributed by atoms with Gasteiger partial charge in [-0.1, -0.05) is 6.07 Å². The minimum atomic E-state index is -0.722. The van der Waals surface area contributed by atoms with Crippen molar-refractivity contribution in [1.82, 2.24) is 4.90 Å². The number of methoxy groups -OCH3 is 1. The predicted octanol–water partition coefficient (Wildman–Crippen LogP) is 2.13. The van der Waals surface area contributed by atoms with Crippen LogP contribution in [-0.4, -0.2) is 36.2 Å². The first-order valence-electron chi connectivity index (χ1n) is 6.26. The van der Waals surface area contributed by atoms with Crippen molar-refractivity contribution in [3.63, 3.8) is 0 Å². The van der Waals surface area contributed by atoms with Crippen LogP contribution in [0.4, 0.5) is 4.39 Å². The second-order valence-electron chi connectivity index (χ2n) is 5.04. The van der Waals surface area contributed by atoms with Crippen LogP contribution in [0.25, 0.3) is 0 Å². The monoisotopic (exact) mass is 267 g/mol. The molecule has 5 heteroatoms. The zero-order chi connectivity index (χ0) is 14.0. The van der Waals surface area contributed by atoms with E-state index >= 15 is 0 Å². The van der Waals surface area contributed by atoms with E-state index in [0.717, 1.165) is 5.56 Å². The van der Waals surface area contributed by atoms with Gasteiger partial charge in [0.15, 0.2) is 11.6 Å². The van der Waals surface area contributed by atoms with Crippen LogP contribution in [0, 0.1) is 11.7 Å². The lowest BCUT2D eigenvalue weighted by Gasteiger charge is -2.39. The number of nitrogens with zero attached hydrogens (tertiary/aromatic N) is 1. The number of carboxylic acids is 1. The van der Waals surface area contributed by atoms with E-state index < -0.39 is 5.97 Å². The molecule has 104 valence electrons. The van der Waals surface area contributed by atoms with Crippen LogP contribution in [-0.2, 0) is 11.3 Å². The van der Waals surface area contributed by atoms with Crippen LogP contribution in [0.3, 0.4) is 0 Å². The molecular weight excluding hydrogens is 249 g/mol. The Morgan fingerprint density at radius 3 is 2.74 bits per heavy atom. The van der Waals surface area contributed by atoms with Gasteiger partial charge in [-0.15, -0.1) is 0 Å². The Morgan fingerprint density at radius 2 is 2.21 bits per heavy atom. The molecule has 0 unspecified atom stereocenters. The molecule has 19 heavy (non-hydrogen) atoms. The molecule has 0 radical (unpaired) electrons. The van der Waals surface area contributed by atoms with E-state index in [1.54, 1.807) is 6.07 Å². The first-order valence-corrected chi connectivity index (χ1v) is 6.26. The van der Waals surface area contributed by atoms with E-state index in [9.17, 15) is 9.18 Å². The number of aliphatic carboxylic acids is 1. The third kappa shape index (κ3) is 3.04. The highest BCUT2D eigenvalue weighted by atomic mass is 19.1. The topological polar surface area (TPSA) is 49.8 Å². The van der Waals surface area contributed by atoms with E-state index in [4.69, 9.17) is 9.84 Å². The molecule has 0 bridgehead atoms. The Morgan fingerprint density at radius 1 is 1.53 bits per heavy atom. The SMILES string of the molecule is COc1ccc(CN(C)C2CC(C(=O)O)C2)cc1F. The van der Waals surface area contributed by atoms with Gasteiger partial charge in [0, 0.05) is 12.6 Å². The Hall–Kier alpha value is -1.62. The molecule has 4 nitrogen and oxygen atoms in total. The zero-order valence-corrected chi connectivity index (χ0v) is 11.1. The summed E-state index contributed by atoms with van der Waals surface area (Å²) < 4.78 is 18.4. The summed E-state index contributed by atoms with van der Waals surface area (Å²) in [5.41, 5.74) is 0.861. The van der Waals surface area contributed by atoms with Crippen LogP contribution in [0.2, 0.25) is 0 Å². The average Bonchev–Trinajstić information content (AvgIpc) is 2.26. The molecule has 0 saturated heterocycles. The molecule has 1 saturated carbocycles. The molecular formula is C14H18FNO3. The van der Waals surface area contributed by atoms with Crippen molar-refractivity contribution >= 4 is 5.97 Å². The number of hydrogen-bond donors (Lipinski definition) is 1. The number of halogens is 1. The van der Waals surface area contributed by atoms with E-state index in [1.165, 1.54) is 13.2 Å². The fourth-order valence-corrected chi connectivity index (χ4v) is 2.37. The van der Waals surface area contributed by atoms with Crippen molar-refractivity contribution in [2.24, 2.45) is 5.92 Å². The standard InChI is InChI=1S/C14H18FNO3/c1-16(11-6-10(7-11)14(17)18)8-9-3-4-13(19-2)12(15)5-9/h3-5,10-11H,6-8H2,1-2H3,(H,17,18). The molecule has 0 spiro atoms. The van der Waals surface area contributed by atoms with Crippen molar-refractivity contribution in [3.8, 4) is 5.75 Å². The van der Waals surface area contributed by atoms with E-state index in [2.05, 4.69) is 4.90 Å². The van der Waals surface area contributed by atoms with Gasteiger partial charge in [0.2, 0.25) is 0 Å². The Kier molecular flexibility index (Phi) is 4.04. The van der Waals surface area contributed by atoms with Gasteiger partial charge in [-0.25, -0.2) is 4.39 Å². The summed E-state index contributed by atoms with van der Waals surface area (Å²) in [4.78, 5) is 12.8. The number of carboxylic acid groups (broad SMARTS) is 1. The average molecular weight is 267 g/mol. The van der Waals surface area contributed by atoms with Crippen molar-refractivity contribution in [1.29, 1.82) is 0 Å². The van der Waals surface area contributed by atoms with Gasteiger partial charge in [0.25, 0.3) is 0 Å².